The van der Waals surface area contributed by atoms with Crippen molar-refractivity contribution < 1.29 is 14.3 Å². The summed E-state index contributed by atoms with van der Waals surface area (Å²) in [6.45, 7) is 1.64. The molecule has 110 valence electrons. The molecule has 0 aliphatic heterocycles. The molecule has 1 heterocycles. The number of hydrogen-bond donors (Lipinski definition) is 1. The molecule has 3 aromatic rings. The molecule has 0 amide bonds. The van der Waals surface area contributed by atoms with E-state index in [1.165, 1.54) is 0 Å². The molecule has 22 heavy (non-hydrogen) atoms. The van der Waals surface area contributed by atoms with Gasteiger partial charge in [-0.2, -0.15) is 0 Å². The number of aromatic carboxylic acids is 1. The van der Waals surface area contributed by atoms with E-state index in [1.54, 1.807) is 6.92 Å². The van der Waals surface area contributed by atoms with Crippen molar-refractivity contribution in [3.63, 3.8) is 0 Å². The molecule has 0 unspecified atom stereocenters. The molecule has 0 fully saturated rings. The van der Waals surface area contributed by atoms with Crippen LogP contribution in [0.1, 0.15) is 39.2 Å². The Labute approximate surface area is 128 Å². The Balaban J connectivity index is 2.14. The van der Waals surface area contributed by atoms with Crippen molar-refractivity contribution in [2.24, 2.45) is 0 Å². The van der Waals surface area contributed by atoms with Crippen molar-refractivity contribution in [3.8, 4) is 0 Å². The van der Waals surface area contributed by atoms with Gasteiger partial charge in [0.1, 0.15) is 0 Å². The van der Waals surface area contributed by atoms with Crippen LogP contribution < -0.4 is 0 Å². The van der Waals surface area contributed by atoms with Crippen LogP contribution >= 0.6 is 0 Å². The standard InChI is InChI=1S/C18H15NO3/c1-12-16(18(20)21)22-17(19-12)15(13-8-4-2-5-9-13)14-10-6-3-7-11-14/h2-11,15H,1H3,(H,20,21). The number of rotatable bonds is 4. The van der Waals surface area contributed by atoms with Crippen molar-refractivity contribution in [1.82, 2.24) is 4.98 Å². The summed E-state index contributed by atoms with van der Waals surface area (Å²) in [7, 11) is 0. The Morgan fingerprint density at radius 1 is 1.00 bits per heavy atom. The van der Waals surface area contributed by atoms with Gasteiger partial charge in [-0.15, -0.1) is 0 Å². The van der Waals surface area contributed by atoms with Crippen LogP contribution in [0.15, 0.2) is 65.1 Å². The second kappa shape index (κ2) is 5.85. The van der Waals surface area contributed by atoms with Crippen molar-refractivity contribution in [1.29, 1.82) is 0 Å². The Morgan fingerprint density at radius 2 is 1.50 bits per heavy atom. The van der Waals surface area contributed by atoms with Gasteiger partial charge in [-0.1, -0.05) is 60.7 Å². The van der Waals surface area contributed by atoms with E-state index in [0.717, 1.165) is 11.1 Å². The van der Waals surface area contributed by atoms with Gasteiger partial charge in [0.25, 0.3) is 0 Å². The number of carboxylic acid groups (broad SMARTS) is 1. The zero-order valence-corrected chi connectivity index (χ0v) is 12.1. The van der Waals surface area contributed by atoms with Gasteiger partial charge in [-0.05, 0) is 18.1 Å². The van der Waals surface area contributed by atoms with E-state index >= 15 is 0 Å². The predicted octanol–water partition coefficient (Wildman–Crippen LogP) is 3.86. The number of aromatic nitrogens is 1. The normalized spacial score (nSPS) is 10.8. The fraction of sp³-hybridized carbons (Fsp3) is 0.111. The third-order valence-electron chi connectivity index (χ3n) is 3.52. The van der Waals surface area contributed by atoms with E-state index in [9.17, 15) is 4.79 Å². The molecule has 4 heteroatoms. The zero-order valence-electron chi connectivity index (χ0n) is 12.1. The predicted molar refractivity (Wildman–Crippen MR) is 82.0 cm³/mol. The molecule has 0 aliphatic carbocycles. The van der Waals surface area contributed by atoms with Gasteiger partial charge in [-0.25, -0.2) is 9.78 Å². The van der Waals surface area contributed by atoms with E-state index in [1.807, 2.05) is 60.7 Å². The maximum atomic E-state index is 11.2. The molecule has 2 aromatic carbocycles. The van der Waals surface area contributed by atoms with E-state index in [-0.39, 0.29) is 11.7 Å². The van der Waals surface area contributed by atoms with Crippen LogP contribution in [0.3, 0.4) is 0 Å². The summed E-state index contributed by atoms with van der Waals surface area (Å²) >= 11 is 0. The lowest BCUT2D eigenvalue weighted by molar-refractivity contribution is 0.0659. The van der Waals surface area contributed by atoms with Crippen LogP contribution in [0.25, 0.3) is 0 Å². The number of hydrogen-bond acceptors (Lipinski definition) is 3. The third-order valence-corrected chi connectivity index (χ3v) is 3.52. The lowest BCUT2D eigenvalue weighted by Gasteiger charge is -2.14. The fourth-order valence-corrected chi connectivity index (χ4v) is 2.51. The maximum Gasteiger partial charge on any atom is 0.373 e. The minimum atomic E-state index is -1.10. The summed E-state index contributed by atoms with van der Waals surface area (Å²) in [5.41, 5.74) is 2.40. The number of oxazole rings is 1. The first-order chi connectivity index (χ1) is 10.7. The van der Waals surface area contributed by atoms with Gasteiger partial charge in [0.05, 0.1) is 11.6 Å². The molecule has 1 N–H and O–H groups in total. The zero-order chi connectivity index (χ0) is 15.5. The van der Waals surface area contributed by atoms with Crippen molar-refractivity contribution in [3.05, 3.63) is 89.1 Å². The highest BCUT2D eigenvalue weighted by Crippen LogP contribution is 2.32. The highest BCUT2D eigenvalue weighted by Gasteiger charge is 2.25. The van der Waals surface area contributed by atoms with Crippen LogP contribution in [0, 0.1) is 6.92 Å². The average Bonchev–Trinajstić information content (AvgIpc) is 2.91. The first kappa shape index (κ1) is 14.1. The molecule has 0 saturated heterocycles. The molecule has 4 nitrogen and oxygen atoms in total. The van der Waals surface area contributed by atoms with Gasteiger partial charge < -0.3 is 9.52 Å². The first-order valence-corrected chi connectivity index (χ1v) is 6.97. The first-order valence-electron chi connectivity index (χ1n) is 6.97. The molecule has 0 spiro atoms. The number of nitrogens with zero attached hydrogens (tertiary/aromatic N) is 1. The van der Waals surface area contributed by atoms with Crippen LogP contribution in [-0.4, -0.2) is 16.1 Å². The molecule has 0 radical (unpaired) electrons. The molecule has 0 aliphatic rings. The van der Waals surface area contributed by atoms with Crippen LogP contribution in [0.2, 0.25) is 0 Å². The van der Waals surface area contributed by atoms with Gasteiger partial charge in [0.2, 0.25) is 11.7 Å². The topological polar surface area (TPSA) is 63.3 Å². The Kier molecular flexibility index (Phi) is 3.74. The van der Waals surface area contributed by atoms with E-state index < -0.39 is 5.97 Å². The summed E-state index contributed by atoms with van der Waals surface area (Å²) in [6.07, 6.45) is 0. The second-order valence-corrected chi connectivity index (χ2v) is 5.03. The Morgan fingerprint density at radius 3 is 1.91 bits per heavy atom. The van der Waals surface area contributed by atoms with Crippen molar-refractivity contribution in [2.75, 3.05) is 0 Å². The molecular weight excluding hydrogens is 278 g/mol. The molecule has 1 aromatic heterocycles. The highest BCUT2D eigenvalue weighted by molar-refractivity contribution is 5.85. The van der Waals surface area contributed by atoms with Gasteiger partial charge >= 0.3 is 5.97 Å². The summed E-state index contributed by atoms with van der Waals surface area (Å²) in [4.78, 5) is 15.5. The van der Waals surface area contributed by atoms with E-state index in [4.69, 9.17) is 9.52 Å². The Hall–Kier alpha value is -2.88. The largest absolute Gasteiger partial charge is 0.475 e. The maximum absolute atomic E-state index is 11.2. The van der Waals surface area contributed by atoms with Crippen LogP contribution in [0.4, 0.5) is 0 Å². The fourth-order valence-electron chi connectivity index (χ4n) is 2.51. The summed E-state index contributed by atoms with van der Waals surface area (Å²) < 4.78 is 5.54. The molecule has 0 atom stereocenters. The van der Waals surface area contributed by atoms with Crippen molar-refractivity contribution in [2.45, 2.75) is 12.8 Å². The van der Waals surface area contributed by atoms with Gasteiger partial charge in [-0.3, -0.25) is 0 Å². The van der Waals surface area contributed by atoms with Crippen LogP contribution in [0.5, 0.6) is 0 Å². The molecule has 0 saturated carbocycles. The minimum Gasteiger partial charge on any atom is -0.475 e. The minimum absolute atomic E-state index is 0.105. The number of aryl methyl sites for hydroxylation is 1. The molecular formula is C18H15NO3. The average molecular weight is 293 g/mol. The van der Waals surface area contributed by atoms with Gasteiger partial charge in [0.15, 0.2) is 0 Å². The summed E-state index contributed by atoms with van der Waals surface area (Å²) in [5.74, 6) is -1.04. The lowest BCUT2D eigenvalue weighted by atomic mass is 9.91. The summed E-state index contributed by atoms with van der Waals surface area (Å²) in [5, 5.41) is 9.17. The van der Waals surface area contributed by atoms with Crippen molar-refractivity contribution >= 4 is 5.97 Å². The Bertz CT molecular complexity index is 739. The monoisotopic (exact) mass is 293 g/mol. The summed E-state index contributed by atoms with van der Waals surface area (Å²) in [6, 6.07) is 19.6. The third kappa shape index (κ3) is 2.63. The number of carbonyl (C=O) groups is 1. The van der Waals surface area contributed by atoms with Crippen LogP contribution in [-0.2, 0) is 0 Å². The van der Waals surface area contributed by atoms with Gasteiger partial charge in [0, 0.05) is 0 Å². The second-order valence-electron chi connectivity index (χ2n) is 5.03. The highest BCUT2D eigenvalue weighted by atomic mass is 16.4. The van der Waals surface area contributed by atoms with E-state index in [0.29, 0.717) is 11.6 Å². The number of benzene rings is 2. The smallest absolute Gasteiger partial charge is 0.373 e. The van der Waals surface area contributed by atoms with E-state index in [2.05, 4.69) is 4.98 Å². The quantitative estimate of drug-likeness (QED) is 0.793. The molecule has 3 rings (SSSR count). The SMILES string of the molecule is Cc1nc(C(c2ccccc2)c2ccccc2)oc1C(=O)O. The lowest BCUT2D eigenvalue weighted by Crippen LogP contribution is -2.03. The number of carboxylic acids is 1. The molecule has 0 bridgehead atoms.